The van der Waals surface area contributed by atoms with Crippen molar-refractivity contribution in [3.8, 4) is 0 Å². The predicted molar refractivity (Wildman–Crippen MR) is 103 cm³/mol. The topological polar surface area (TPSA) is 78.4 Å². The van der Waals surface area contributed by atoms with Crippen LogP contribution >= 0.6 is 47.0 Å². The van der Waals surface area contributed by atoms with Gasteiger partial charge in [-0.3, -0.25) is 10.1 Å². The number of halogens is 3. The summed E-state index contributed by atoms with van der Waals surface area (Å²) in [6.45, 7) is 1.84. The van der Waals surface area contributed by atoms with Crippen LogP contribution in [0.2, 0.25) is 15.1 Å². The van der Waals surface area contributed by atoms with E-state index in [0.29, 0.717) is 0 Å². The second-order valence-electron chi connectivity index (χ2n) is 5.01. The van der Waals surface area contributed by atoms with Gasteiger partial charge in [-0.2, -0.15) is 0 Å². The number of hydrogen-bond donors (Lipinski definition) is 3. The number of amides is 1. The molecule has 130 valence electrons. The molecule has 0 aliphatic carbocycles. The van der Waals surface area contributed by atoms with E-state index in [4.69, 9.17) is 47.0 Å². The molecule has 2 aromatic rings. The summed E-state index contributed by atoms with van der Waals surface area (Å²) in [4.78, 5) is 23.6. The Bertz CT molecular complexity index is 887. The Balaban J connectivity index is 2.21. The first kappa shape index (κ1) is 19.5. The van der Waals surface area contributed by atoms with Crippen LogP contribution in [-0.2, 0) is 0 Å². The first-order valence-corrected chi connectivity index (χ1v) is 8.34. The van der Waals surface area contributed by atoms with Gasteiger partial charge in [0.1, 0.15) is 0 Å². The summed E-state index contributed by atoms with van der Waals surface area (Å²) in [7, 11) is 0. The highest BCUT2D eigenvalue weighted by molar-refractivity contribution is 7.80. The molecule has 9 heteroatoms. The molecule has 0 aliphatic rings. The Morgan fingerprint density at radius 3 is 2.32 bits per heavy atom. The second-order valence-corrected chi connectivity index (χ2v) is 6.67. The highest BCUT2D eigenvalue weighted by Gasteiger charge is 2.18. The lowest BCUT2D eigenvalue weighted by molar-refractivity contribution is 0.0697. The Hall–Kier alpha value is -1.86. The summed E-state index contributed by atoms with van der Waals surface area (Å²) in [5, 5.41) is 14.6. The molecule has 0 unspecified atom stereocenters. The van der Waals surface area contributed by atoms with Crippen LogP contribution in [0.3, 0.4) is 0 Å². The molecule has 0 radical (unpaired) electrons. The zero-order chi connectivity index (χ0) is 18.7. The van der Waals surface area contributed by atoms with Crippen LogP contribution in [0.1, 0.15) is 26.3 Å². The molecule has 5 nitrogen and oxygen atoms in total. The molecule has 1 amide bonds. The monoisotopic (exact) mass is 416 g/mol. The van der Waals surface area contributed by atoms with Crippen molar-refractivity contribution in [3.05, 3.63) is 62.1 Å². The first-order valence-electron chi connectivity index (χ1n) is 6.80. The number of rotatable bonds is 3. The van der Waals surface area contributed by atoms with E-state index in [9.17, 15) is 14.7 Å². The fourth-order valence-corrected chi connectivity index (χ4v) is 3.05. The maximum absolute atomic E-state index is 12.2. The normalized spacial score (nSPS) is 10.2. The summed E-state index contributed by atoms with van der Waals surface area (Å²) < 4.78 is 0. The quantitative estimate of drug-likeness (QED) is 0.626. The van der Waals surface area contributed by atoms with Gasteiger partial charge in [0.2, 0.25) is 0 Å². The second kappa shape index (κ2) is 8.01. The largest absolute Gasteiger partial charge is 0.478 e. The van der Waals surface area contributed by atoms with Crippen molar-refractivity contribution in [3.63, 3.8) is 0 Å². The van der Waals surface area contributed by atoms with Crippen LogP contribution in [0.15, 0.2) is 30.3 Å². The number of carboxylic acid groups (broad SMARTS) is 1. The molecule has 0 saturated carbocycles. The molecule has 2 aromatic carbocycles. The molecule has 25 heavy (non-hydrogen) atoms. The number of benzene rings is 2. The number of carbonyl (C=O) groups excluding carboxylic acids is 1. The zero-order valence-electron chi connectivity index (χ0n) is 12.7. The van der Waals surface area contributed by atoms with Gasteiger partial charge in [-0.15, -0.1) is 0 Å². The summed E-state index contributed by atoms with van der Waals surface area (Å²) in [6.07, 6.45) is 0. The fourth-order valence-electron chi connectivity index (χ4n) is 1.99. The molecule has 3 N–H and O–H groups in total. The highest BCUT2D eigenvalue weighted by atomic mass is 35.5. The maximum Gasteiger partial charge on any atom is 0.337 e. The van der Waals surface area contributed by atoms with Gasteiger partial charge in [0.25, 0.3) is 5.91 Å². The van der Waals surface area contributed by atoms with Crippen LogP contribution in [0.25, 0.3) is 0 Å². The lowest BCUT2D eigenvalue weighted by Gasteiger charge is -2.14. The fraction of sp³-hybridized carbons (Fsp3) is 0.0625. The minimum Gasteiger partial charge on any atom is -0.478 e. The van der Waals surface area contributed by atoms with Crippen molar-refractivity contribution < 1.29 is 14.7 Å². The van der Waals surface area contributed by atoms with Gasteiger partial charge in [-0.25, -0.2) is 4.79 Å². The Labute approximate surface area is 163 Å². The van der Waals surface area contributed by atoms with Gasteiger partial charge in [-0.05, 0) is 49.0 Å². The molecule has 2 rings (SSSR count). The Kier molecular flexibility index (Phi) is 6.24. The van der Waals surface area contributed by atoms with E-state index in [-0.39, 0.29) is 37.0 Å². The number of hydrogen-bond acceptors (Lipinski definition) is 3. The van der Waals surface area contributed by atoms with Gasteiger partial charge >= 0.3 is 5.97 Å². The zero-order valence-corrected chi connectivity index (χ0v) is 15.8. The number of aromatic carboxylic acids is 1. The lowest BCUT2D eigenvalue weighted by Crippen LogP contribution is -2.34. The average Bonchev–Trinajstić information content (AvgIpc) is 2.49. The molecule has 0 heterocycles. The van der Waals surface area contributed by atoms with Gasteiger partial charge in [-0.1, -0.05) is 40.9 Å². The van der Waals surface area contributed by atoms with Crippen LogP contribution < -0.4 is 10.6 Å². The van der Waals surface area contributed by atoms with Crippen molar-refractivity contribution in [2.75, 3.05) is 5.32 Å². The number of carboxylic acids is 1. The molecular formula is C16H11Cl3N2O3S. The standard InChI is InChI=1S/C16H11Cl3N2O3S/c1-7-2-3-9(11(18)4-7)14(22)21-16(25)20-13-10(15(23)24)5-8(17)6-12(13)19/h2-6H,1H3,(H,23,24)(H2,20,21,22,25). The molecule has 0 fully saturated rings. The predicted octanol–water partition coefficient (Wildman–Crippen LogP) is 4.78. The van der Waals surface area contributed by atoms with Crippen molar-refractivity contribution >= 4 is 69.7 Å². The minimum absolute atomic E-state index is 0.0267. The van der Waals surface area contributed by atoms with Crippen LogP contribution in [-0.4, -0.2) is 22.1 Å². The maximum atomic E-state index is 12.2. The number of anilines is 1. The number of thiocarbonyl (C=S) groups is 1. The molecule has 0 bridgehead atoms. The molecule has 0 aliphatic heterocycles. The summed E-state index contributed by atoms with van der Waals surface area (Å²) in [5.74, 6) is -1.79. The summed E-state index contributed by atoms with van der Waals surface area (Å²) in [5.41, 5.74) is 0.986. The molecule has 0 atom stereocenters. The first-order chi connectivity index (χ1) is 11.7. The molecule has 0 aromatic heterocycles. The van der Waals surface area contributed by atoms with E-state index in [1.165, 1.54) is 12.1 Å². The van der Waals surface area contributed by atoms with Gasteiger partial charge in [0.05, 0.1) is 26.9 Å². The third kappa shape index (κ3) is 4.83. The van der Waals surface area contributed by atoms with Crippen LogP contribution in [0.4, 0.5) is 5.69 Å². The minimum atomic E-state index is -1.25. The van der Waals surface area contributed by atoms with Crippen molar-refractivity contribution in [1.82, 2.24) is 5.32 Å². The van der Waals surface area contributed by atoms with E-state index in [0.717, 1.165) is 5.56 Å². The van der Waals surface area contributed by atoms with Gasteiger partial charge in [0, 0.05) is 5.02 Å². The van der Waals surface area contributed by atoms with Gasteiger partial charge < -0.3 is 10.4 Å². The van der Waals surface area contributed by atoms with E-state index < -0.39 is 11.9 Å². The smallest absolute Gasteiger partial charge is 0.337 e. The number of nitrogens with one attached hydrogen (secondary N) is 2. The average molecular weight is 418 g/mol. The van der Waals surface area contributed by atoms with E-state index in [2.05, 4.69) is 10.6 Å². The summed E-state index contributed by atoms with van der Waals surface area (Å²) >= 11 is 22.9. The summed E-state index contributed by atoms with van der Waals surface area (Å²) in [6, 6.07) is 7.52. The van der Waals surface area contributed by atoms with Crippen molar-refractivity contribution in [1.29, 1.82) is 0 Å². The van der Waals surface area contributed by atoms with Gasteiger partial charge in [0.15, 0.2) is 5.11 Å². The third-order valence-corrected chi connectivity index (χ3v) is 4.15. The lowest BCUT2D eigenvalue weighted by atomic mass is 10.1. The van der Waals surface area contributed by atoms with Crippen molar-refractivity contribution in [2.45, 2.75) is 6.92 Å². The third-order valence-electron chi connectivity index (χ3n) is 3.12. The van der Waals surface area contributed by atoms with Crippen LogP contribution in [0.5, 0.6) is 0 Å². The van der Waals surface area contributed by atoms with E-state index >= 15 is 0 Å². The molecule has 0 saturated heterocycles. The Morgan fingerprint density at radius 2 is 1.72 bits per heavy atom. The number of carbonyl (C=O) groups is 2. The highest BCUT2D eigenvalue weighted by Crippen LogP contribution is 2.30. The molecular weight excluding hydrogens is 407 g/mol. The molecule has 0 spiro atoms. The van der Waals surface area contributed by atoms with Crippen LogP contribution in [0, 0.1) is 6.92 Å². The van der Waals surface area contributed by atoms with Crippen molar-refractivity contribution in [2.24, 2.45) is 0 Å². The SMILES string of the molecule is Cc1ccc(C(=O)NC(=S)Nc2c(Cl)cc(Cl)cc2C(=O)O)c(Cl)c1. The van der Waals surface area contributed by atoms with E-state index in [1.54, 1.807) is 18.2 Å². The Morgan fingerprint density at radius 1 is 1.04 bits per heavy atom. The number of aryl methyl sites for hydroxylation is 1. The van der Waals surface area contributed by atoms with E-state index in [1.807, 2.05) is 6.92 Å².